The minimum absolute atomic E-state index is 0.0877. The lowest BCUT2D eigenvalue weighted by molar-refractivity contribution is 0.114. The standard InChI is InChI=1S/C28H36F2O2/c1-3-5-19-6-11-24-17-23(13-12-22(24)16-19)21-9-7-20(8-10-21)18-32-26-15-14-25(31-4-2)27(29)28(26)30/h7-10,14-15,19,22-24H,3-6,11-13,16-18H2,1-2H3. The van der Waals surface area contributed by atoms with Crippen LogP contribution >= 0.6 is 0 Å². The molecule has 32 heavy (non-hydrogen) atoms. The normalized spacial score (nSPS) is 25.2. The van der Waals surface area contributed by atoms with Crippen molar-refractivity contribution in [2.75, 3.05) is 6.61 Å². The van der Waals surface area contributed by atoms with Crippen molar-refractivity contribution >= 4 is 0 Å². The highest BCUT2D eigenvalue weighted by Gasteiger charge is 2.35. The molecule has 2 aromatic rings. The molecule has 0 heterocycles. The van der Waals surface area contributed by atoms with E-state index in [4.69, 9.17) is 9.47 Å². The van der Waals surface area contributed by atoms with E-state index in [1.54, 1.807) is 6.92 Å². The van der Waals surface area contributed by atoms with Gasteiger partial charge in [0.25, 0.3) is 0 Å². The maximum atomic E-state index is 14.2. The average Bonchev–Trinajstić information content (AvgIpc) is 2.82. The van der Waals surface area contributed by atoms with E-state index in [0.29, 0.717) is 5.92 Å². The molecule has 2 fully saturated rings. The van der Waals surface area contributed by atoms with Crippen molar-refractivity contribution in [3.8, 4) is 11.5 Å². The third-order valence-corrected chi connectivity index (χ3v) is 7.58. The van der Waals surface area contributed by atoms with Crippen LogP contribution in [0.5, 0.6) is 11.5 Å². The zero-order chi connectivity index (χ0) is 22.5. The van der Waals surface area contributed by atoms with Crippen LogP contribution in [-0.4, -0.2) is 6.61 Å². The summed E-state index contributed by atoms with van der Waals surface area (Å²) < 4.78 is 38.9. The van der Waals surface area contributed by atoms with Crippen LogP contribution in [-0.2, 0) is 6.61 Å². The first-order chi connectivity index (χ1) is 15.6. The first kappa shape index (κ1) is 23.1. The fourth-order valence-electron chi connectivity index (χ4n) is 5.90. The molecule has 174 valence electrons. The van der Waals surface area contributed by atoms with E-state index >= 15 is 0 Å². The Morgan fingerprint density at radius 2 is 1.44 bits per heavy atom. The molecule has 2 aromatic carbocycles. The van der Waals surface area contributed by atoms with Gasteiger partial charge in [0.05, 0.1) is 6.61 Å². The summed E-state index contributed by atoms with van der Waals surface area (Å²) in [6, 6.07) is 11.3. The average molecular weight is 443 g/mol. The first-order valence-electron chi connectivity index (χ1n) is 12.4. The van der Waals surface area contributed by atoms with Crippen molar-refractivity contribution in [2.45, 2.75) is 77.7 Å². The number of benzene rings is 2. The molecule has 0 spiro atoms. The van der Waals surface area contributed by atoms with Gasteiger partial charge in [-0.05, 0) is 86.0 Å². The largest absolute Gasteiger partial charge is 0.491 e. The fraction of sp³-hybridized carbons (Fsp3) is 0.571. The van der Waals surface area contributed by atoms with Gasteiger partial charge in [-0.15, -0.1) is 0 Å². The predicted molar refractivity (Wildman–Crippen MR) is 124 cm³/mol. The molecule has 2 aliphatic carbocycles. The van der Waals surface area contributed by atoms with E-state index in [-0.39, 0.29) is 24.7 Å². The van der Waals surface area contributed by atoms with Gasteiger partial charge in [0, 0.05) is 0 Å². The Hall–Kier alpha value is -2.10. The number of rotatable bonds is 8. The zero-order valence-electron chi connectivity index (χ0n) is 19.4. The monoisotopic (exact) mass is 442 g/mol. The van der Waals surface area contributed by atoms with Crippen molar-refractivity contribution in [1.29, 1.82) is 0 Å². The molecule has 4 rings (SSSR count). The second-order valence-electron chi connectivity index (χ2n) is 9.65. The molecule has 2 saturated carbocycles. The smallest absolute Gasteiger partial charge is 0.204 e. The Kier molecular flexibility index (Phi) is 7.70. The first-order valence-corrected chi connectivity index (χ1v) is 12.4. The summed E-state index contributed by atoms with van der Waals surface area (Å²) in [6.45, 7) is 4.53. The highest BCUT2D eigenvalue weighted by atomic mass is 19.2. The lowest BCUT2D eigenvalue weighted by Crippen LogP contribution is -2.30. The highest BCUT2D eigenvalue weighted by molar-refractivity contribution is 5.35. The topological polar surface area (TPSA) is 18.5 Å². The summed E-state index contributed by atoms with van der Waals surface area (Å²) in [6.07, 6.45) is 11.0. The third kappa shape index (κ3) is 5.27. The van der Waals surface area contributed by atoms with E-state index in [2.05, 4.69) is 31.2 Å². The summed E-state index contributed by atoms with van der Waals surface area (Å²) >= 11 is 0. The van der Waals surface area contributed by atoms with Gasteiger partial charge >= 0.3 is 0 Å². The van der Waals surface area contributed by atoms with Crippen molar-refractivity contribution in [1.82, 2.24) is 0 Å². The SMILES string of the molecule is CCCC1CCC2CC(c3ccc(COc4ccc(OCC)c(F)c4F)cc3)CCC2C1. The molecule has 0 amide bonds. The second-order valence-corrected chi connectivity index (χ2v) is 9.65. The van der Waals surface area contributed by atoms with Gasteiger partial charge in [-0.1, -0.05) is 50.5 Å². The second kappa shape index (κ2) is 10.7. The van der Waals surface area contributed by atoms with Crippen molar-refractivity contribution in [3.63, 3.8) is 0 Å². The van der Waals surface area contributed by atoms with Crippen LogP contribution in [0.3, 0.4) is 0 Å². The van der Waals surface area contributed by atoms with Crippen LogP contribution in [0.1, 0.15) is 82.3 Å². The summed E-state index contributed by atoms with van der Waals surface area (Å²) in [5.74, 6) is 1.26. The third-order valence-electron chi connectivity index (χ3n) is 7.58. The summed E-state index contributed by atoms with van der Waals surface area (Å²) in [7, 11) is 0. The van der Waals surface area contributed by atoms with Crippen molar-refractivity contribution in [3.05, 3.63) is 59.2 Å². The summed E-state index contributed by atoms with van der Waals surface area (Å²) in [5, 5.41) is 0. The minimum Gasteiger partial charge on any atom is -0.491 e. The van der Waals surface area contributed by atoms with Crippen LogP contribution in [0.15, 0.2) is 36.4 Å². The molecule has 0 aliphatic heterocycles. The van der Waals surface area contributed by atoms with E-state index in [1.807, 2.05) is 0 Å². The highest BCUT2D eigenvalue weighted by Crippen LogP contribution is 2.48. The van der Waals surface area contributed by atoms with Gasteiger partial charge in [0.2, 0.25) is 11.6 Å². The van der Waals surface area contributed by atoms with E-state index in [0.717, 1.165) is 23.3 Å². The molecule has 0 radical (unpaired) electrons. The molecule has 0 bridgehead atoms. The van der Waals surface area contributed by atoms with Crippen LogP contribution in [0.2, 0.25) is 0 Å². The van der Waals surface area contributed by atoms with E-state index in [1.165, 1.54) is 69.1 Å². The fourth-order valence-corrected chi connectivity index (χ4v) is 5.90. The molecule has 0 N–H and O–H groups in total. The Balaban J connectivity index is 1.32. The van der Waals surface area contributed by atoms with Gasteiger partial charge in [-0.25, -0.2) is 0 Å². The van der Waals surface area contributed by atoms with E-state index in [9.17, 15) is 8.78 Å². The molecular formula is C28H36F2O2. The van der Waals surface area contributed by atoms with Crippen LogP contribution in [0.25, 0.3) is 0 Å². The van der Waals surface area contributed by atoms with Crippen LogP contribution in [0, 0.1) is 29.4 Å². The number of halogens is 2. The Morgan fingerprint density at radius 1 is 0.781 bits per heavy atom. The number of ether oxygens (including phenoxy) is 2. The predicted octanol–water partition coefficient (Wildman–Crippen LogP) is 8.04. The molecule has 4 unspecified atom stereocenters. The van der Waals surface area contributed by atoms with E-state index < -0.39 is 11.6 Å². The Bertz CT molecular complexity index is 880. The molecule has 0 aromatic heterocycles. The van der Waals surface area contributed by atoms with Gasteiger partial charge in [0.1, 0.15) is 6.61 Å². The molecule has 0 saturated heterocycles. The van der Waals surface area contributed by atoms with Gasteiger partial charge in [0.15, 0.2) is 11.5 Å². The Morgan fingerprint density at radius 3 is 2.12 bits per heavy atom. The molecule has 2 aliphatic rings. The van der Waals surface area contributed by atoms with Gasteiger partial charge in [-0.2, -0.15) is 8.78 Å². The maximum Gasteiger partial charge on any atom is 0.204 e. The number of hydrogen-bond donors (Lipinski definition) is 0. The quantitative estimate of drug-likeness (QED) is 0.412. The lowest BCUT2D eigenvalue weighted by Gasteiger charge is -2.42. The van der Waals surface area contributed by atoms with Crippen LogP contribution in [0.4, 0.5) is 8.78 Å². The van der Waals surface area contributed by atoms with Crippen molar-refractivity contribution < 1.29 is 18.3 Å². The number of fused-ring (bicyclic) bond motifs is 1. The molecular weight excluding hydrogens is 406 g/mol. The van der Waals surface area contributed by atoms with Crippen LogP contribution < -0.4 is 9.47 Å². The number of hydrogen-bond acceptors (Lipinski definition) is 2. The van der Waals surface area contributed by atoms with Gasteiger partial charge < -0.3 is 9.47 Å². The lowest BCUT2D eigenvalue weighted by atomic mass is 9.63. The summed E-state index contributed by atoms with van der Waals surface area (Å²) in [5.41, 5.74) is 2.36. The summed E-state index contributed by atoms with van der Waals surface area (Å²) in [4.78, 5) is 0. The van der Waals surface area contributed by atoms with Gasteiger partial charge in [-0.3, -0.25) is 0 Å². The molecule has 2 nitrogen and oxygen atoms in total. The molecule has 4 heteroatoms. The molecule has 4 atom stereocenters. The maximum absolute atomic E-state index is 14.2. The Labute approximate surface area is 191 Å². The minimum atomic E-state index is -1.00. The van der Waals surface area contributed by atoms with Crippen molar-refractivity contribution in [2.24, 2.45) is 17.8 Å². The zero-order valence-corrected chi connectivity index (χ0v) is 19.4.